The van der Waals surface area contributed by atoms with Crippen LogP contribution in [0.4, 0.5) is 4.79 Å². The second-order valence-electron chi connectivity index (χ2n) is 12.2. The summed E-state index contributed by atoms with van der Waals surface area (Å²) in [5.74, 6) is -0.709. The van der Waals surface area contributed by atoms with Crippen molar-refractivity contribution in [2.45, 2.75) is 90.4 Å². The van der Waals surface area contributed by atoms with E-state index in [1.807, 2.05) is 30.3 Å². The number of aromatic hydroxyl groups is 2. The second kappa shape index (κ2) is 17.1. The number of ether oxygens (including phenoxy) is 1. The number of rotatable bonds is 15. The molecule has 0 radical (unpaired) electrons. The van der Waals surface area contributed by atoms with E-state index in [0.717, 1.165) is 31.2 Å². The van der Waals surface area contributed by atoms with Crippen LogP contribution >= 0.6 is 0 Å². The molecule has 0 aliphatic rings. The monoisotopic (exact) mass is 617 g/mol. The summed E-state index contributed by atoms with van der Waals surface area (Å²) in [5.41, 5.74) is 1.35. The van der Waals surface area contributed by atoms with Gasteiger partial charge in [-0.25, -0.2) is 4.79 Å². The quantitative estimate of drug-likeness (QED) is 0.146. The van der Waals surface area contributed by atoms with Crippen molar-refractivity contribution in [1.82, 2.24) is 15.5 Å². The zero-order valence-electron chi connectivity index (χ0n) is 26.8. The van der Waals surface area contributed by atoms with Crippen LogP contribution in [0.25, 0.3) is 0 Å². The van der Waals surface area contributed by atoms with E-state index in [2.05, 4.69) is 17.6 Å². The largest absolute Gasteiger partial charge is 0.508 e. The maximum Gasteiger partial charge on any atom is 0.408 e. The first-order valence-electron chi connectivity index (χ1n) is 15.7. The minimum atomic E-state index is -1.07. The van der Waals surface area contributed by atoms with Crippen molar-refractivity contribution in [1.29, 1.82) is 0 Å². The number of phenols is 2. The van der Waals surface area contributed by atoms with Gasteiger partial charge in [-0.2, -0.15) is 0 Å². The molecule has 0 heterocycles. The van der Waals surface area contributed by atoms with Crippen molar-refractivity contribution >= 4 is 17.9 Å². The van der Waals surface area contributed by atoms with Gasteiger partial charge >= 0.3 is 6.09 Å². The molecule has 0 aromatic heterocycles. The summed E-state index contributed by atoms with van der Waals surface area (Å²) in [7, 11) is 0. The number of hydrogen-bond donors (Lipinski definition) is 4. The number of amides is 3. The van der Waals surface area contributed by atoms with Gasteiger partial charge in [-0.15, -0.1) is 0 Å². The first-order chi connectivity index (χ1) is 21.5. The minimum absolute atomic E-state index is 0.0384. The van der Waals surface area contributed by atoms with Crippen LogP contribution < -0.4 is 10.6 Å². The van der Waals surface area contributed by atoms with Crippen LogP contribution in [0.15, 0.2) is 78.9 Å². The Bertz CT molecular complexity index is 1350. The van der Waals surface area contributed by atoms with E-state index in [4.69, 9.17) is 4.74 Å². The van der Waals surface area contributed by atoms with Gasteiger partial charge in [-0.05, 0) is 68.1 Å². The molecule has 0 aliphatic heterocycles. The molecule has 0 aliphatic carbocycles. The fourth-order valence-corrected chi connectivity index (χ4v) is 4.98. The van der Waals surface area contributed by atoms with Crippen molar-refractivity contribution < 1.29 is 29.3 Å². The van der Waals surface area contributed by atoms with Crippen LogP contribution in [0, 0.1) is 0 Å². The molecule has 4 N–H and O–H groups in total. The second-order valence-corrected chi connectivity index (χ2v) is 12.2. The Labute approximate surface area is 266 Å². The molecule has 0 fully saturated rings. The lowest BCUT2D eigenvalue weighted by Gasteiger charge is -2.35. The van der Waals surface area contributed by atoms with Gasteiger partial charge in [0.05, 0.1) is 0 Å². The van der Waals surface area contributed by atoms with Gasteiger partial charge in [0.1, 0.15) is 29.2 Å². The molecule has 242 valence electrons. The molecule has 3 rings (SSSR count). The summed E-state index contributed by atoms with van der Waals surface area (Å²) in [4.78, 5) is 43.1. The van der Waals surface area contributed by atoms with E-state index < -0.39 is 29.7 Å². The fraction of sp³-hybridized carbons (Fsp3) is 0.417. The number of nitrogens with zero attached hydrogens (tertiary/aromatic N) is 1. The van der Waals surface area contributed by atoms with E-state index in [9.17, 15) is 24.6 Å². The highest BCUT2D eigenvalue weighted by molar-refractivity contribution is 5.92. The Balaban J connectivity index is 2.01. The van der Waals surface area contributed by atoms with Crippen LogP contribution in [0.2, 0.25) is 0 Å². The molecule has 0 spiro atoms. The Kier molecular flexibility index (Phi) is 13.3. The number of hydrogen-bond acceptors (Lipinski definition) is 6. The molecule has 3 aromatic carbocycles. The van der Waals surface area contributed by atoms with Crippen LogP contribution in [0.5, 0.6) is 11.5 Å². The lowest BCUT2D eigenvalue weighted by Crippen LogP contribution is -2.54. The lowest BCUT2D eigenvalue weighted by atomic mass is 9.99. The average Bonchev–Trinajstić information content (AvgIpc) is 3.00. The highest BCUT2D eigenvalue weighted by atomic mass is 16.6. The molecule has 0 saturated heterocycles. The summed E-state index contributed by atoms with van der Waals surface area (Å²) in [6, 6.07) is 20.1. The van der Waals surface area contributed by atoms with Gasteiger partial charge in [-0.3, -0.25) is 9.59 Å². The maximum atomic E-state index is 14.6. The normalized spacial score (nSPS) is 12.5. The first kappa shape index (κ1) is 35.0. The van der Waals surface area contributed by atoms with Crippen LogP contribution in [-0.2, 0) is 27.3 Å². The summed E-state index contributed by atoms with van der Waals surface area (Å²) >= 11 is 0. The van der Waals surface area contributed by atoms with Crippen LogP contribution in [0.1, 0.15) is 82.5 Å². The minimum Gasteiger partial charge on any atom is -0.508 e. The molecular weight excluding hydrogens is 570 g/mol. The van der Waals surface area contributed by atoms with Crippen molar-refractivity contribution in [3.05, 3.63) is 95.6 Å². The number of unbranched alkanes of at least 4 members (excludes halogenated alkanes) is 4. The Morgan fingerprint density at radius 2 is 1.40 bits per heavy atom. The smallest absolute Gasteiger partial charge is 0.408 e. The van der Waals surface area contributed by atoms with Crippen molar-refractivity contribution in [2.75, 3.05) is 6.54 Å². The predicted octanol–water partition coefficient (Wildman–Crippen LogP) is 6.39. The highest BCUT2D eigenvalue weighted by Crippen LogP contribution is 2.26. The SMILES string of the molecule is CCCCCCCN(C(=O)C(Cc1ccc(O)cc1)NC(=O)OC(C)(C)C)C(C(=O)NCc1ccccc1)c1ccc(O)cc1. The van der Waals surface area contributed by atoms with Crippen molar-refractivity contribution in [3.63, 3.8) is 0 Å². The summed E-state index contributed by atoms with van der Waals surface area (Å²) in [5, 5.41) is 25.6. The standard InChI is InChI=1S/C36H47N3O6/c1-5-6-7-8-12-23-39(32(28-17-21-30(41)22-18-28)33(42)37-25-27-13-10-9-11-14-27)34(43)31(38-35(44)45-36(2,3)4)24-26-15-19-29(40)20-16-26/h9-11,13-22,31-32,40-41H,5-8,12,23-25H2,1-4H3,(H,37,42)(H,38,44). The molecule has 9 heteroatoms. The number of carbonyl (C=O) groups excluding carboxylic acids is 3. The number of phenolic OH excluding ortho intramolecular Hbond substituents is 2. The first-order valence-corrected chi connectivity index (χ1v) is 15.7. The van der Waals surface area contributed by atoms with Crippen molar-refractivity contribution in [2.24, 2.45) is 0 Å². The van der Waals surface area contributed by atoms with Gasteiger partial charge < -0.3 is 30.5 Å². The Morgan fingerprint density at radius 1 is 0.800 bits per heavy atom. The van der Waals surface area contributed by atoms with E-state index in [-0.39, 0.29) is 36.9 Å². The molecule has 9 nitrogen and oxygen atoms in total. The molecule has 0 saturated carbocycles. The third-order valence-corrected chi connectivity index (χ3v) is 7.23. The molecule has 2 unspecified atom stereocenters. The lowest BCUT2D eigenvalue weighted by molar-refractivity contribution is -0.142. The predicted molar refractivity (Wildman–Crippen MR) is 175 cm³/mol. The zero-order chi connectivity index (χ0) is 32.8. The fourth-order valence-electron chi connectivity index (χ4n) is 4.98. The van der Waals surface area contributed by atoms with Gasteiger partial charge in [-0.1, -0.05) is 87.2 Å². The van der Waals surface area contributed by atoms with Gasteiger partial charge in [0.2, 0.25) is 11.8 Å². The molecule has 2 atom stereocenters. The number of alkyl carbamates (subject to hydrolysis) is 1. The summed E-state index contributed by atoms with van der Waals surface area (Å²) in [6.07, 6.45) is 4.01. The molecule has 45 heavy (non-hydrogen) atoms. The molecule has 3 aromatic rings. The highest BCUT2D eigenvalue weighted by Gasteiger charge is 2.36. The van der Waals surface area contributed by atoms with Gasteiger partial charge in [0, 0.05) is 19.5 Å². The average molecular weight is 618 g/mol. The van der Waals surface area contributed by atoms with E-state index in [1.165, 1.54) is 29.2 Å². The van der Waals surface area contributed by atoms with Gasteiger partial charge in [0.15, 0.2) is 0 Å². The number of nitrogens with one attached hydrogen (secondary N) is 2. The summed E-state index contributed by atoms with van der Waals surface area (Å²) < 4.78 is 5.51. The topological polar surface area (TPSA) is 128 Å². The third-order valence-electron chi connectivity index (χ3n) is 7.23. The Morgan fingerprint density at radius 3 is 2.00 bits per heavy atom. The van der Waals surface area contributed by atoms with E-state index in [0.29, 0.717) is 17.5 Å². The third kappa shape index (κ3) is 11.8. The van der Waals surface area contributed by atoms with Crippen LogP contribution in [0.3, 0.4) is 0 Å². The number of carbonyl (C=O) groups is 3. The number of benzene rings is 3. The Hall–Kier alpha value is -4.53. The van der Waals surface area contributed by atoms with E-state index in [1.54, 1.807) is 45.0 Å². The zero-order valence-corrected chi connectivity index (χ0v) is 26.8. The van der Waals surface area contributed by atoms with Crippen LogP contribution in [-0.4, -0.2) is 51.2 Å². The maximum absolute atomic E-state index is 14.6. The molecule has 0 bridgehead atoms. The molecule has 3 amide bonds. The molecular formula is C36H47N3O6. The van der Waals surface area contributed by atoms with Crippen molar-refractivity contribution in [3.8, 4) is 11.5 Å². The van der Waals surface area contributed by atoms with E-state index >= 15 is 0 Å². The summed E-state index contributed by atoms with van der Waals surface area (Å²) in [6.45, 7) is 7.89. The van der Waals surface area contributed by atoms with Gasteiger partial charge in [0.25, 0.3) is 0 Å².